The first-order valence-corrected chi connectivity index (χ1v) is 5.27. The van der Waals surface area contributed by atoms with Crippen molar-refractivity contribution in [2.24, 2.45) is 5.73 Å². The van der Waals surface area contributed by atoms with E-state index in [-0.39, 0.29) is 5.82 Å². The van der Waals surface area contributed by atoms with Crippen LogP contribution in [-0.2, 0) is 0 Å². The predicted octanol–water partition coefficient (Wildman–Crippen LogP) is 2.38. The molecule has 0 amide bonds. The van der Waals surface area contributed by atoms with Crippen molar-refractivity contribution >= 4 is 23.3 Å². The van der Waals surface area contributed by atoms with E-state index in [0.29, 0.717) is 16.3 Å². The minimum atomic E-state index is -0.535. The zero-order valence-electron chi connectivity index (χ0n) is 7.52. The lowest BCUT2D eigenvalue weighted by molar-refractivity contribution is 0.623. The summed E-state index contributed by atoms with van der Waals surface area (Å²) in [6.45, 7) is 0. The van der Waals surface area contributed by atoms with E-state index in [1.807, 2.05) is 0 Å². The maximum atomic E-state index is 13.0. The molecule has 0 bridgehead atoms. The summed E-state index contributed by atoms with van der Waals surface area (Å²) in [6, 6.07) is 3.54. The van der Waals surface area contributed by atoms with Crippen LogP contribution in [0, 0.1) is 5.82 Å². The van der Waals surface area contributed by atoms with E-state index < -0.39 is 6.04 Å². The number of nitrogens with zero attached hydrogens (tertiary/aromatic N) is 2. The number of nitrogens with two attached hydrogens (primary N) is 1. The molecule has 6 heteroatoms. The van der Waals surface area contributed by atoms with Gasteiger partial charge in [-0.2, -0.15) is 8.75 Å². The number of benzene rings is 1. The summed E-state index contributed by atoms with van der Waals surface area (Å²) in [5.74, 6) is -0.368. The van der Waals surface area contributed by atoms with Gasteiger partial charge in [-0.15, -0.1) is 0 Å². The van der Waals surface area contributed by atoms with Crippen molar-refractivity contribution in [3.05, 3.63) is 46.5 Å². The molecule has 0 spiro atoms. The molecule has 3 nitrogen and oxygen atoms in total. The Balaban J connectivity index is 2.41. The number of hydrogen-bond acceptors (Lipinski definition) is 4. The van der Waals surface area contributed by atoms with Crippen LogP contribution in [0.1, 0.15) is 17.3 Å². The van der Waals surface area contributed by atoms with Gasteiger partial charge in [-0.25, -0.2) is 4.39 Å². The Kier molecular flexibility index (Phi) is 2.95. The van der Waals surface area contributed by atoms with Crippen LogP contribution in [0.25, 0.3) is 0 Å². The summed E-state index contributed by atoms with van der Waals surface area (Å²) in [6.07, 6.45) is 1.55. The van der Waals surface area contributed by atoms with Gasteiger partial charge in [0.05, 0.1) is 29.7 Å². The van der Waals surface area contributed by atoms with Gasteiger partial charge < -0.3 is 5.73 Å². The molecule has 2 N–H and O–H groups in total. The van der Waals surface area contributed by atoms with Crippen molar-refractivity contribution in [3.8, 4) is 0 Å². The average molecular weight is 244 g/mol. The predicted molar refractivity (Wildman–Crippen MR) is 57.3 cm³/mol. The molecule has 2 aromatic rings. The summed E-state index contributed by atoms with van der Waals surface area (Å²) in [5, 5.41) is 0.428. The Morgan fingerprint density at radius 1 is 1.47 bits per heavy atom. The van der Waals surface area contributed by atoms with Gasteiger partial charge in [0.15, 0.2) is 0 Å². The van der Waals surface area contributed by atoms with Gasteiger partial charge in [0, 0.05) is 5.02 Å². The second-order valence-electron chi connectivity index (χ2n) is 2.98. The van der Waals surface area contributed by atoms with Crippen LogP contribution in [0.4, 0.5) is 4.39 Å². The van der Waals surface area contributed by atoms with Crippen molar-refractivity contribution in [1.29, 1.82) is 0 Å². The highest BCUT2D eigenvalue weighted by Gasteiger charge is 2.15. The summed E-state index contributed by atoms with van der Waals surface area (Å²) < 4.78 is 20.8. The van der Waals surface area contributed by atoms with Crippen LogP contribution in [0.3, 0.4) is 0 Å². The standard InChI is InChI=1S/C9H7ClFN3S/c10-7-2-1-5(11)3-6(7)9(12)8-4-13-15-14-8/h1-4,9H,12H2. The number of aromatic nitrogens is 2. The van der Waals surface area contributed by atoms with Crippen molar-refractivity contribution in [2.75, 3.05) is 0 Å². The number of halogens is 2. The smallest absolute Gasteiger partial charge is 0.123 e. The largest absolute Gasteiger partial charge is 0.319 e. The zero-order valence-corrected chi connectivity index (χ0v) is 9.10. The molecule has 1 atom stereocenters. The van der Waals surface area contributed by atoms with Gasteiger partial charge in [0.2, 0.25) is 0 Å². The first-order chi connectivity index (χ1) is 7.18. The molecule has 0 radical (unpaired) electrons. The SMILES string of the molecule is NC(c1cnsn1)c1cc(F)ccc1Cl. The van der Waals surface area contributed by atoms with Gasteiger partial charge in [0.25, 0.3) is 0 Å². The lowest BCUT2D eigenvalue weighted by Gasteiger charge is -2.10. The fourth-order valence-electron chi connectivity index (χ4n) is 1.22. The molecule has 1 unspecified atom stereocenters. The van der Waals surface area contributed by atoms with E-state index in [1.54, 1.807) is 6.20 Å². The maximum absolute atomic E-state index is 13.0. The molecule has 1 aromatic heterocycles. The highest BCUT2D eigenvalue weighted by atomic mass is 35.5. The average Bonchev–Trinajstić information content (AvgIpc) is 2.74. The van der Waals surface area contributed by atoms with Crippen LogP contribution >= 0.6 is 23.3 Å². The van der Waals surface area contributed by atoms with Gasteiger partial charge in [0.1, 0.15) is 5.82 Å². The van der Waals surface area contributed by atoms with Gasteiger partial charge >= 0.3 is 0 Å². The van der Waals surface area contributed by atoms with Crippen molar-refractivity contribution in [2.45, 2.75) is 6.04 Å². The van der Waals surface area contributed by atoms with Crippen LogP contribution in [-0.4, -0.2) is 8.75 Å². The Morgan fingerprint density at radius 2 is 2.27 bits per heavy atom. The molecule has 0 saturated carbocycles. The molecule has 0 aliphatic carbocycles. The topological polar surface area (TPSA) is 51.8 Å². The Labute approximate surface area is 95.0 Å². The van der Waals surface area contributed by atoms with E-state index in [2.05, 4.69) is 8.75 Å². The summed E-state index contributed by atoms with van der Waals surface area (Å²) >= 11 is 6.97. The van der Waals surface area contributed by atoms with E-state index in [4.69, 9.17) is 17.3 Å². The van der Waals surface area contributed by atoms with Crippen molar-refractivity contribution in [3.63, 3.8) is 0 Å². The molecule has 1 heterocycles. The lowest BCUT2D eigenvalue weighted by Crippen LogP contribution is -2.12. The van der Waals surface area contributed by atoms with E-state index >= 15 is 0 Å². The number of rotatable bonds is 2. The van der Waals surface area contributed by atoms with Gasteiger partial charge in [-0.1, -0.05) is 11.6 Å². The molecule has 0 saturated heterocycles. The van der Waals surface area contributed by atoms with Gasteiger partial charge in [-0.3, -0.25) is 0 Å². The molecule has 0 aliphatic rings. The Morgan fingerprint density at radius 3 is 2.93 bits per heavy atom. The fraction of sp³-hybridized carbons (Fsp3) is 0.111. The molecule has 2 rings (SSSR count). The number of hydrogen-bond donors (Lipinski definition) is 1. The van der Waals surface area contributed by atoms with E-state index in [0.717, 1.165) is 11.7 Å². The first-order valence-electron chi connectivity index (χ1n) is 4.16. The second kappa shape index (κ2) is 4.22. The highest BCUT2D eigenvalue weighted by molar-refractivity contribution is 6.99. The molecule has 0 fully saturated rings. The zero-order chi connectivity index (χ0) is 10.8. The molecular weight excluding hydrogens is 237 g/mol. The molecular formula is C9H7ClFN3S. The van der Waals surface area contributed by atoms with Crippen LogP contribution in [0.5, 0.6) is 0 Å². The van der Waals surface area contributed by atoms with Crippen molar-refractivity contribution < 1.29 is 4.39 Å². The van der Waals surface area contributed by atoms with Crippen LogP contribution in [0.2, 0.25) is 5.02 Å². The summed E-state index contributed by atoms with van der Waals surface area (Å²) in [5.41, 5.74) is 6.99. The van der Waals surface area contributed by atoms with Gasteiger partial charge in [-0.05, 0) is 23.8 Å². The Bertz CT molecular complexity index is 460. The maximum Gasteiger partial charge on any atom is 0.123 e. The fourth-order valence-corrected chi connectivity index (χ4v) is 1.91. The second-order valence-corrected chi connectivity index (χ2v) is 3.94. The van der Waals surface area contributed by atoms with Crippen LogP contribution in [0.15, 0.2) is 24.4 Å². The highest BCUT2D eigenvalue weighted by Crippen LogP contribution is 2.26. The van der Waals surface area contributed by atoms with E-state index in [9.17, 15) is 4.39 Å². The third kappa shape index (κ3) is 2.14. The van der Waals surface area contributed by atoms with Crippen molar-refractivity contribution in [1.82, 2.24) is 8.75 Å². The Hall–Kier alpha value is -1.04. The van der Waals surface area contributed by atoms with E-state index in [1.165, 1.54) is 18.2 Å². The quantitative estimate of drug-likeness (QED) is 0.881. The third-order valence-electron chi connectivity index (χ3n) is 1.99. The normalized spacial score (nSPS) is 12.7. The minimum Gasteiger partial charge on any atom is -0.319 e. The molecule has 1 aromatic carbocycles. The summed E-state index contributed by atoms with van der Waals surface area (Å²) in [4.78, 5) is 0. The monoisotopic (exact) mass is 243 g/mol. The molecule has 78 valence electrons. The third-order valence-corrected chi connectivity index (χ3v) is 2.83. The summed E-state index contributed by atoms with van der Waals surface area (Å²) in [7, 11) is 0. The van der Waals surface area contributed by atoms with Crippen LogP contribution < -0.4 is 5.73 Å². The molecule has 15 heavy (non-hydrogen) atoms. The first kappa shape index (κ1) is 10.5. The minimum absolute atomic E-state index is 0.368. The molecule has 0 aliphatic heterocycles. The lowest BCUT2D eigenvalue weighted by atomic mass is 10.1.